The van der Waals surface area contributed by atoms with Crippen molar-refractivity contribution in [3.05, 3.63) is 98.7 Å². The van der Waals surface area contributed by atoms with Gasteiger partial charge >= 0.3 is 0 Å². The van der Waals surface area contributed by atoms with Crippen LogP contribution in [0.1, 0.15) is 287 Å². The number of para-hydroxylation sites is 1. The van der Waals surface area contributed by atoms with Crippen LogP contribution in [0.4, 0.5) is 10.1 Å². The van der Waals surface area contributed by atoms with Crippen molar-refractivity contribution < 1.29 is 42.8 Å². The minimum Gasteiger partial charge on any atom is -0.379 e. The number of thioether (sulfide) groups is 2. The molecule has 21 heteroatoms. The van der Waals surface area contributed by atoms with Gasteiger partial charge < -0.3 is 9.64 Å². The van der Waals surface area contributed by atoms with Crippen molar-refractivity contribution in [2.45, 2.75) is 307 Å². The summed E-state index contributed by atoms with van der Waals surface area (Å²) in [5.41, 5.74) is 2.94. The Morgan fingerprint density at radius 2 is 0.700 bits per heavy atom. The molecule has 582 valence electrons. The van der Waals surface area contributed by atoms with Gasteiger partial charge in [-0.15, -0.1) is 0 Å². The third-order valence-corrected chi connectivity index (χ3v) is 32.3. The fourth-order valence-electron chi connectivity index (χ4n) is 10.8. The molecule has 0 amide bonds. The number of morpholine rings is 1. The van der Waals surface area contributed by atoms with Gasteiger partial charge in [-0.25, -0.2) is 38.1 Å². The number of benzene rings is 3. The molecule has 4 rings (SSSR count). The molecular weight excluding hydrogens is 1440 g/mol. The van der Waals surface area contributed by atoms with Crippen molar-refractivity contribution in [1.82, 2.24) is 4.90 Å². The van der Waals surface area contributed by atoms with Crippen molar-refractivity contribution in [1.29, 1.82) is 0 Å². The second-order valence-corrected chi connectivity index (χ2v) is 45.7. The molecule has 1 heterocycles. The molecule has 1 saturated heterocycles. The van der Waals surface area contributed by atoms with Gasteiger partial charge in [0.2, 0.25) is 0 Å². The van der Waals surface area contributed by atoms with Crippen LogP contribution in [-0.4, -0.2) is 138 Å². The van der Waals surface area contributed by atoms with Gasteiger partial charge in [0, 0.05) is 64.0 Å². The second-order valence-electron chi connectivity index (χ2n) is 30.9. The van der Waals surface area contributed by atoms with Crippen LogP contribution in [-0.2, 0) is 55.6 Å². The van der Waals surface area contributed by atoms with Gasteiger partial charge in [-0.3, -0.25) is 4.90 Å². The van der Waals surface area contributed by atoms with E-state index >= 15 is 0 Å². The van der Waals surface area contributed by atoms with E-state index in [1.54, 1.807) is 107 Å². The smallest absolute Gasteiger partial charge is 0.155 e. The number of unbranched alkanes of at least 4 members (excludes halogenated alkanes) is 25. The molecule has 0 aliphatic carbocycles. The Morgan fingerprint density at radius 1 is 0.400 bits per heavy atom. The maximum atomic E-state index is 13.6. The zero-order valence-electron chi connectivity index (χ0n) is 64.5. The summed E-state index contributed by atoms with van der Waals surface area (Å²) in [6.45, 7) is 30.9. The molecule has 0 bridgehead atoms. The number of hydrogen-bond acceptors (Lipinski definition) is 13. The van der Waals surface area contributed by atoms with Gasteiger partial charge in [0.05, 0.1) is 55.2 Å². The van der Waals surface area contributed by atoms with E-state index in [1.165, 1.54) is 115 Å². The second kappa shape index (κ2) is 52.7. The van der Waals surface area contributed by atoms with Crippen LogP contribution in [0.5, 0.6) is 0 Å². The lowest BCUT2D eigenvalue weighted by Crippen LogP contribution is -2.36. The summed E-state index contributed by atoms with van der Waals surface area (Å²) in [4.78, 5) is 4.93. The minimum absolute atomic E-state index is 0.224. The van der Waals surface area contributed by atoms with Gasteiger partial charge in [0.1, 0.15) is 5.82 Å². The van der Waals surface area contributed by atoms with E-state index in [1.807, 2.05) is 30.0 Å². The van der Waals surface area contributed by atoms with Gasteiger partial charge in [0.25, 0.3) is 0 Å². The fourth-order valence-corrected chi connectivity index (χ4v) is 18.7. The molecule has 3 aromatic carbocycles. The molecule has 0 unspecified atom stereocenters. The molecular formula is C79H138Cl3FN2O9S6. The summed E-state index contributed by atoms with van der Waals surface area (Å²) < 4.78 is 113. The summed E-state index contributed by atoms with van der Waals surface area (Å²) in [7, 11) is -11.8. The van der Waals surface area contributed by atoms with E-state index in [-0.39, 0.29) is 5.82 Å². The first-order chi connectivity index (χ1) is 46.9. The van der Waals surface area contributed by atoms with Crippen LogP contribution >= 0.6 is 58.3 Å². The van der Waals surface area contributed by atoms with Gasteiger partial charge in [0.15, 0.2) is 39.3 Å². The molecule has 3 aromatic rings. The number of anilines is 1. The predicted octanol–water partition coefficient (Wildman–Crippen LogP) is 22.9. The number of sulfone groups is 4. The largest absolute Gasteiger partial charge is 0.379 e. The van der Waals surface area contributed by atoms with Crippen molar-refractivity contribution in [3.8, 4) is 0 Å². The Hall–Kier alpha value is -1.32. The third-order valence-electron chi connectivity index (χ3n) is 18.3. The lowest BCUT2D eigenvalue weighted by molar-refractivity contribution is 0.0371. The predicted molar refractivity (Wildman–Crippen MR) is 440 cm³/mol. The van der Waals surface area contributed by atoms with E-state index in [0.29, 0.717) is 39.4 Å². The molecule has 0 saturated carbocycles. The first-order valence-electron chi connectivity index (χ1n) is 37.9. The molecule has 0 atom stereocenters. The molecule has 100 heavy (non-hydrogen) atoms. The van der Waals surface area contributed by atoms with Gasteiger partial charge in [-0.2, -0.15) is 23.5 Å². The van der Waals surface area contributed by atoms with Crippen LogP contribution in [0.3, 0.4) is 0 Å². The highest BCUT2D eigenvalue weighted by Gasteiger charge is 2.31. The molecule has 1 fully saturated rings. The van der Waals surface area contributed by atoms with Crippen molar-refractivity contribution in [3.63, 3.8) is 0 Å². The van der Waals surface area contributed by atoms with Crippen molar-refractivity contribution >= 4 is 103 Å². The zero-order valence-corrected chi connectivity index (χ0v) is 71.7. The molecule has 1 aliphatic rings. The molecule has 11 nitrogen and oxygen atoms in total. The first kappa shape index (κ1) is 96.7. The summed E-state index contributed by atoms with van der Waals surface area (Å²) in [6, 6.07) is 21.1. The molecule has 1 aliphatic heterocycles. The van der Waals surface area contributed by atoms with Gasteiger partial charge in [-0.1, -0.05) is 200 Å². The highest BCUT2D eigenvalue weighted by Crippen LogP contribution is 2.30. The lowest BCUT2D eigenvalue weighted by Gasteiger charge is -2.26. The van der Waals surface area contributed by atoms with E-state index < -0.39 is 58.3 Å². The Kier molecular flexibility index (Phi) is 50.9. The molecule has 0 spiro atoms. The number of rotatable bonds is 47. The summed E-state index contributed by atoms with van der Waals surface area (Å²) in [5.74, 6) is 4.67. The number of nitrogens with zero attached hydrogens (tertiary/aromatic N) is 2. The van der Waals surface area contributed by atoms with E-state index in [4.69, 9.17) is 39.5 Å². The third kappa shape index (κ3) is 44.1. The highest BCUT2D eigenvalue weighted by molar-refractivity contribution is 7.98. The van der Waals surface area contributed by atoms with Crippen LogP contribution in [0.15, 0.2) is 66.7 Å². The molecule has 0 aromatic heterocycles. The zero-order chi connectivity index (χ0) is 75.2. The number of hydrogen-bond donors (Lipinski definition) is 0. The standard InChI is InChI=1S/C21H37NO2S.C20H32Cl2O2S2.C20H32ClFO2S2.C18H37NO3S/c1-5-22(20-16-12-11-13-17-20)18-14-9-7-6-8-10-15-19-25(23,24)21(2,3)4;2*1-20(2,3)26(23,24)15-10-8-6-4-5-7-9-14-25-16-17-18(21)12-11-13-19(17)22;1-18(2,3)23(20,21)17-11-9-7-5-4-6-8-10-12-19-13-15-22-16-14-19/h11-13,16-17H,5-10,14-15,18-19H2,1-4H3;2*11-13H,4-10,14-16H2,1-3H3;4-17H2,1-3H3. The summed E-state index contributed by atoms with van der Waals surface area (Å²) in [6.07, 6.45) is 32.6. The van der Waals surface area contributed by atoms with Crippen LogP contribution < -0.4 is 4.90 Å². The summed E-state index contributed by atoms with van der Waals surface area (Å²) in [5, 5.41) is 2.00. The monoisotopic (exact) mass is 1570 g/mol. The average molecular weight is 1580 g/mol. The Morgan fingerprint density at radius 3 is 1.04 bits per heavy atom. The lowest BCUT2D eigenvalue weighted by atomic mass is 10.1. The van der Waals surface area contributed by atoms with Crippen molar-refractivity contribution in [2.75, 3.05) is 85.4 Å². The molecule has 0 radical (unpaired) electrons. The Labute approximate surface area is 636 Å². The topological polar surface area (TPSA) is 152 Å². The average Bonchev–Trinajstić information content (AvgIpc) is 0.892. The maximum absolute atomic E-state index is 13.6. The van der Waals surface area contributed by atoms with Crippen LogP contribution in [0.25, 0.3) is 0 Å². The van der Waals surface area contributed by atoms with Crippen LogP contribution in [0.2, 0.25) is 15.1 Å². The van der Waals surface area contributed by atoms with E-state index in [2.05, 4.69) is 47.1 Å². The fraction of sp³-hybridized carbons (Fsp3) is 0.772. The first-order valence-corrected chi connectivity index (χ1v) is 48.0. The van der Waals surface area contributed by atoms with E-state index in [0.717, 1.165) is 162 Å². The SMILES string of the molecule is CC(C)(C)S(=O)(=O)CCCCCCCCCCN1CCOCC1.CC(C)(C)S(=O)(=O)CCCCCCCCCSCc1c(Cl)cccc1Cl.CC(C)(C)S(=O)(=O)CCCCCCCCCSCc1c(F)cccc1Cl.CCN(CCCCCCCCCS(=O)(=O)C(C)(C)C)c1ccccc1. The van der Waals surface area contributed by atoms with E-state index in [9.17, 15) is 38.1 Å². The van der Waals surface area contributed by atoms with Gasteiger partial charge in [-0.05, 0) is 201 Å². The van der Waals surface area contributed by atoms with Crippen molar-refractivity contribution in [2.24, 2.45) is 0 Å². The maximum Gasteiger partial charge on any atom is 0.155 e. The Balaban J connectivity index is 0.000000667. The number of halogens is 4. The Bertz CT molecular complexity index is 2900. The minimum atomic E-state index is -2.97. The van der Waals surface area contributed by atoms with Crippen LogP contribution in [0, 0.1) is 5.82 Å². The number of ether oxygens (including phenoxy) is 1. The summed E-state index contributed by atoms with van der Waals surface area (Å²) >= 11 is 22.0. The normalized spacial score (nSPS) is 13.6. The highest BCUT2D eigenvalue weighted by atomic mass is 35.5. The molecule has 0 N–H and O–H groups in total. The quantitative estimate of drug-likeness (QED) is 0.0494.